The van der Waals surface area contributed by atoms with Gasteiger partial charge in [-0.05, 0) is 26.3 Å². The van der Waals surface area contributed by atoms with Crippen LogP contribution in [0.2, 0.25) is 6.04 Å². The molecule has 0 saturated heterocycles. The highest BCUT2D eigenvalue weighted by Gasteiger charge is 2.29. The molecule has 0 saturated carbocycles. The van der Waals surface area contributed by atoms with Crippen molar-refractivity contribution in [1.82, 2.24) is 5.32 Å². The van der Waals surface area contributed by atoms with Gasteiger partial charge in [-0.2, -0.15) is 0 Å². The Hall–Kier alpha value is -1.56. The Morgan fingerprint density at radius 3 is 1.96 bits per heavy atom. The lowest BCUT2D eigenvalue weighted by atomic mass is 10.1. The summed E-state index contributed by atoms with van der Waals surface area (Å²) in [6.45, 7) is 3.84. The first kappa shape index (κ1) is 23.5. The zero-order chi connectivity index (χ0) is 20.4. The first-order valence-electron chi connectivity index (χ1n) is 8.49. The molecule has 1 N–H and O–H groups in total. The third-order valence-electron chi connectivity index (χ3n) is 3.40. The van der Waals surface area contributed by atoms with Crippen LogP contribution >= 0.6 is 0 Å². The van der Waals surface area contributed by atoms with Crippen molar-refractivity contribution in [3.63, 3.8) is 0 Å². The minimum Gasteiger partial charge on any atom is -0.379 e. The van der Waals surface area contributed by atoms with Gasteiger partial charge in [-0.1, -0.05) is 6.42 Å². The Bertz CT molecular complexity index is 600. The van der Waals surface area contributed by atoms with Crippen molar-refractivity contribution >= 4 is 15.7 Å². The van der Waals surface area contributed by atoms with Gasteiger partial charge in [0.15, 0.2) is 33.0 Å². The summed E-state index contributed by atoms with van der Waals surface area (Å²) in [6, 6.07) is 0.731. The maximum absolute atomic E-state index is 13.5. The lowest BCUT2D eigenvalue weighted by Crippen LogP contribution is -2.28. The molecule has 0 aliphatic carbocycles. The monoisotopic (exact) mass is 415 g/mol. The van der Waals surface area contributed by atoms with Gasteiger partial charge < -0.3 is 19.2 Å². The lowest BCUT2D eigenvalue weighted by Gasteiger charge is -2.17. The predicted octanol–water partition coefficient (Wildman–Crippen LogP) is 2.77. The summed E-state index contributed by atoms with van der Waals surface area (Å²) in [7, 11) is -0.927. The molecule has 0 aromatic heterocycles. The zero-order valence-corrected chi connectivity index (χ0v) is 16.5. The van der Waals surface area contributed by atoms with Crippen molar-refractivity contribution in [2.45, 2.75) is 39.2 Å². The number of hydrogen-bond donors (Lipinski definition) is 1. The molecule has 1 aromatic rings. The Morgan fingerprint density at radius 2 is 1.44 bits per heavy atom. The Labute approximate surface area is 156 Å². The van der Waals surface area contributed by atoms with Crippen LogP contribution in [-0.4, -0.2) is 41.9 Å². The van der Waals surface area contributed by atoms with Crippen LogP contribution in [0.25, 0.3) is 0 Å². The molecule has 0 radical (unpaired) electrons. The van der Waals surface area contributed by atoms with Gasteiger partial charge in [0.2, 0.25) is 5.82 Å². The van der Waals surface area contributed by atoms with E-state index in [9.17, 15) is 26.7 Å². The second kappa shape index (κ2) is 12.0. The van der Waals surface area contributed by atoms with E-state index in [1.807, 2.05) is 13.8 Å². The topological polar surface area (TPSA) is 56.8 Å². The number of carbonyl (C=O) groups excluding carboxylic acids is 1. The average molecular weight is 415 g/mol. The number of hydrogen-bond acceptors (Lipinski definition) is 4. The second-order valence-corrected chi connectivity index (χ2v) is 6.78. The standard InChI is InChI=1S/C16H22F5NO4Si/c1-3-24-16(25-4-2)26-27-8-6-5-7-22-15(23)9-10(17)12(19)14(21)13(20)11(9)18/h16H,3-8,27H2,1-2H3,(H,22,23). The minimum absolute atomic E-state index is 0.0209. The third-order valence-corrected chi connectivity index (χ3v) is 4.70. The number of halogens is 5. The van der Waals surface area contributed by atoms with Gasteiger partial charge in [0.25, 0.3) is 12.4 Å². The van der Waals surface area contributed by atoms with Crippen LogP contribution in [0.15, 0.2) is 0 Å². The van der Waals surface area contributed by atoms with Gasteiger partial charge in [-0.3, -0.25) is 4.79 Å². The molecule has 0 aliphatic heterocycles. The molecular formula is C16H22F5NO4Si. The Balaban J connectivity index is 2.39. The van der Waals surface area contributed by atoms with E-state index in [1.54, 1.807) is 0 Å². The van der Waals surface area contributed by atoms with Crippen molar-refractivity contribution < 1.29 is 40.6 Å². The van der Waals surface area contributed by atoms with Crippen molar-refractivity contribution in [3.05, 3.63) is 34.6 Å². The quantitative estimate of drug-likeness (QED) is 0.142. The Morgan fingerprint density at radius 1 is 0.926 bits per heavy atom. The minimum atomic E-state index is -2.30. The molecule has 1 rings (SSSR count). The van der Waals surface area contributed by atoms with Gasteiger partial charge in [0.05, 0.1) is 0 Å². The van der Waals surface area contributed by atoms with Crippen molar-refractivity contribution in [1.29, 1.82) is 0 Å². The average Bonchev–Trinajstić information content (AvgIpc) is 2.64. The highest BCUT2D eigenvalue weighted by Crippen LogP contribution is 2.22. The molecule has 0 aliphatic rings. The molecule has 27 heavy (non-hydrogen) atoms. The van der Waals surface area contributed by atoms with Crippen LogP contribution in [0.1, 0.15) is 37.0 Å². The molecule has 5 nitrogen and oxygen atoms in total. The summed E-state index contributed by atoms with van der Waals surface area (Å²) >= 11 is 0. The number of unbranched alkanes of at least 4 members (excludes halogenated alkanes) is 1. The molecule has 1 amide bonds. The van der Waals surface area contributed by atoms with Gasteiger partial charge in [0.1, 0.15) is 5.56 Å². The number of benzene rings is 1. The van der Waals surface area contributed by atoms with E-state index in [-0.39, 0.29) is 6.54 Å². The van der Waals surface area contributed by atoms with E-state index >= 15 is 0 Å². The number of amides is 1. The van der Waals surface area contributed by atoms with Crippen LogP contribution in [0.3, 0.4) is 0 Å². The SMILES string of the molecule is CCOC(OCC)O[SiH2]CCCCNC(=O)c1c(F)c(F)c(F)c(F)c1F. The van der Waals surface area contributed by atoms with E-state index < -0.39 is 56.8 Å². The first-order valence-corrected chi connectivity index (χ1v) is 10.1. The predicted molar refractivity (Wildman–Crippen MR) is 89.3 cm³/mol. The maximum atomic E-state index is 13.5. The fourth-order valence-electron chi connectivity index (χ4n) is 2.09. The summed E-state index contributed by atoms with van der Waals surface area (Å²) in [4.78, 5) is 11.7. The molecule has 154 valence electrons. The smallest absolute Gasteiger partial charge is 0.261 e. The van der Waals surface area contributed by atoms with Crippen LogP contribution in [0.5, 0.6) is 0 Å². The fourth-order valence-corrected chi connectivity index (χ4v) is 3.20. The summed E-state index contributed by atoms with van der Waals surface area (Å²) in [6.07, 6.45) is 1.10. The van der Waals surface area contributed by atoms with E-state index in [4.69, 9.17) is 13.9 Å². The zero-order valence-electron chi connectivity index (χ0n) is 15.0. The van der Waals surface area contributed by atoms with E-state index in [2.05, 4.69) is 5.32 Å². The molecule has 1 aromatic carbocycles. The molecule has 11 heteroatoms. The third kappa shape index (κ3) is 6.83. The Kier molecular flexibility index (Phi) is 10.4. The van der Waals surface area contributed by atoms with Crippen LogP contribution in [0, 0.1) is 29.1 Å². The number of rotatable bonds is 12. The van der Waals surface area contributed by atoms with E-state index in [0.29, 0.717) is 26.1 Å². The maximum Gasteiger partial charge on any atom is 0.261 e. The summed E-state index contributed by atoms with van der Waals surface area (Å²) in [5.74, 6) is -12.3. The molecule has 0 heterocycles. The van der Waals surface area contributed by atoms with Crippen LogP contribution in [-0.2, 0) is 13.9 Å². The molecule has 0 fully saturated rings. The summed E-state index contributed by atoms with van der Waals surface area (Å²) in [5, 5.41) is 2.15. The van der Waals surface area contributed by atoms with Crippen molar-refractivity contribution in [2.75, 3.05) is 19.8 Å². The van der Waals surface area contributed by atoms with Crippen molar-refractivity contribution in [3.8, 4) is 0 Å². The molecule has 0 atom stereocenters. The fraction of sp³-hybridized carbons (Fsp3) is 0.562. The van der Waals surface area contributed by atoms with Crippen LogP contribution < -0.4 is 5.32 Å². The molecule has 0 spiro atoms. The van der Waals surface area contributed by atoms with Gasteiger partial charge >= 0.3 is 0 Å². The van der Waals surface area contributed by atoms with Crippen LogP contribution in [0.4, 0.5) is 22.0 Å². The van der Waals surface area contributed by atoms with E-state index in [0.717, 1.165) is 6.04 Å². The molecule has 0 bridgehead atoms. The molecule has 0 unspecified atom stereocenters. The number of carbonyl (C=O) groups is 1. The molecular weight excluding hydrogens is 393 g/mol. The number of ether oxygens (including phenoxy) is 2. The van der Waals surface area contributed by atoms with Gasteiger partial charge in [-0.15, -0.1) is 0 Å². The first-order chi connectivity index (χ1) is 12.8. The summed E-state index contributed by atoms with van der Waals surface area (Å²) < 4.78 is 82.1. The normalized spacial score (nSPS) is 11.7. The van der Waals surface area contributed by atoms with Gasteiger partial charge in [-0.25, -0.2) is 22.0 Å². The summed E-state index contributed by atoms with van der Waals surface area (Å²) in [5.41, 5.74) is -1.49. The highest BCUT2D eigenvalue weighted by atomic mass is 28.2. The number of nitrogens with one attached hydrogen (secondary N) is 1. The highest BCUT2D eigenvalue weighted by molar-refractivity contribution is 6.27. The lowest BCUT2D eigenvalue weighted by molar-refractivity contribution is -0.243. The largest absolute Gasteiger partial charge is 0.379 e. The van der Waals surface area contributed by atoms with Crippen molar-refractivity contribution in [2.24, 2.45) is 0 Å². The van der Waals surface area contributed by atoms with E-state index in [1.165, 1.54) is 0 Å². The second-order valence-electron chi connectivity index (χ2n) is 5.33. The van der Waals surface area contributed by atoms with Gasteiger partial charge in [0, 0.05) is 19.8 Å².